The number of aliphatic hydroxyl groups is 2. The third kappa shape index (κ3) is 10.6. The Hall–Kier alpha value is -4.43. The van der Waals surface area contributed by atoms with Gasteiger partial charge in [0, 0.05) is 38.6 Å². The van der Waals surface area contributed by atoms with Crippen LogP contribution in [0.25, 0.3) is 0 Å². The number of carbonyl (C=O) groups excluding carboxylic acids is 2. The molecule has 5 rings (SSSR count). The van der Waals surface area contributed by atoms with Gasteiger partial charge in [0.15, 0.2) is 0 Å². The maximum absolute atomic E-state index is 12.9. The molecular weight excluding hydrogens is 750 g/mol. The van der Waals surface area contributed by atoms with Gasteiger partial charge >= 0.3 is 12.7 Å². The molecule has 19 heteroatoms. The Morgan fingerprint density at radius 1 is 0.704 bits per heavy atom. The topological polar surface area (TPSA) is 149 Å². The molecule has 2 heterocycles. The summed E-state index contributed by atoms with van der Waals surface area (Å²) >= 11 is 0. The number of hydrogen-bond donors (Lipinski definition) is 3. The molecule has 2 aliphatic rings. The van der Waals surface area contributed by atoms with Crippen LogP contribution in [-0.4, -0.2) is 99.0 Å². The summed E-state index contributed by atoms with van der Waals surface area (Å²) in [7, 11) is -0.910. The molecule has 0 aliphatic carbocycles. The zero-order valence-electron chi connectivity index (χ0n) is 29.4. The molecule has 0 radical (unpaired) electrons. The van der Waals surface area contributed by atoms with Gasteiger partial charge in [0.25, 0.3) is 11.8 Å². The molecular formula is C35H40F6N4O8S. The fraction of sp³-hybridized carbons (Fsp3) is 0.429. The molecule has 296 valence electrons. The summed E-state index contributed by atoms with van der Waals surface area (Å²) in [6.45, 7) is 2.66. The van der Waals surface area contributed by atoms with Crippen molar-refractivity contribution < 1.29 is 64.0 Å². The van der Waals surface area contributed by atoms with Crippen LogP contribution in [0.2, 0.25) is 0 Å². The third-order valence-electron chi connectivity index (χ3n) is 9.01. The van der Waals surface area contributed by atoms with Gasteiger partial charge in [-0.3, -0.25) is 9.59 Å². The first-order valence-corrected chi connectivity index (χ1v) is 18.0. The Bertz CT molecular complexity index is 1860. The van der Waals surface area contributed by atoms with Crippen molar-refractivity contribution in [3.63, 3.8) is 0 Å². The Balaban J connectivity index is 0.000000258. The van der Waals surface area contributed by atoms with Crippen LogP contribution in [0.4, 0.5) is 37.7 Å². The van der Waals surface area contributed by atoms with Crippen LogP contribution in [0.5, 0.6) is 11.5 Å². The lowest BCUT2D eigenvalue weighted by Crippen LogP contribution is -2.55. The first kappa shape index (κ1) is 42.3. The van der Waals surface area contributed by atoms with E-state index in [1.807, 2.05) is 0 Å². The lowest BCUT2D eigenvalue weighted by molar-refractivity contribution is -0.275. The summed E-state index contributed by atoms with van der Waals surface area (Å²) in [6, 6.07) is 16.1. The monoisotopic (exact) mass is 790 g/mol. The van der Waals surface area contributed by atoms with Crippen LogP contribution in [0.3, 0.4) is 0 Å². The maximum Gasteiger partial charge on any atom is 0.573 e. The molecule has 54 heavy (non-hydrogen) atoms. The average molecular weight is 791 g/mol. The van der Waals surface area contributed by atoms with Crippen molar-refractivity contribution in [2.45, 2.75) is 61.4 Å². The number of anilines is 2. The van der Waals surface area contributed by atoms with E-state index in [4.69, 9.17) is 0 Å². The van der Waals surface area contributed by atoms with E-state index in [-0.39, 0.29) is 42.3 Å². The maximum atomic E-state index is 12.9. The third-order valence-corrected chi connectivity index (χ3v) is 11.1. The Morgan fingerprint density at radius 3 is 1.48 bits per heavy atom. The highest BCUT2D eigenvalue weighted by Gasteiger charge is 2.44. The van der Waals surface area contributed by atoms with E-state index in [1.54, 1.807) is 25.1 Å². The van der Waals surface area contributed by atoms with Crippen molar-refractivity contribution in [2.75, 3.05) is 50.1 Å². The number of sulfonamides is 1. The second-order valence-electron chi connectivity index (χ2n) is 12.8. The highest BCUT2D eigenvalue weighted by Crippen LogP contribution is 2.32. The molecule has 12 nitrogen and oxygen atoms in total. The molecule has 2 fully saturated rings. The minimum atomic E-state index is -4.83. The highest BCUT2D eigenvalue weighted by molar-refractivity contribution is 7.89. The van der Waals surface area contributed by atoms with Crippen molar-refractivity contribution in [3.8, 4) is 11.5 Å². The largest absolute Gasteiger partial charge is 0.573 e. The lowest BCUT2D eigenvalue weighted by atomic mass is 9.91. The first-order valence-electron chi connectivity index (χ1n) is 16.5. The van der Waals surface area contributed by atoms with Crippen molar-refractivity contribution in [2.24, 2.45) is 0 Å². The predicted octanol–water partition coefficient (Wildman–Crippen LogP) is 4.73. The normalized spacial score (nSPS) is 17.4. The fourth-order valence-electron chi connectivity index (χ4n) is 5.95. The summed E-state index contributed by atoms with van der Waals surface area (Å²) in [5.74, 6) is -1.94. The first-order chi connectivity index (χ1) is 25.0. The minimum absolute atomic E-state index is 0.0505. The molecule has 0 aromatic heterocycles. The zero-order chi connectivity index (χ0) is 40.1. The quantitative estimate of drug-likeness (QED) is 0.276. The van der Waals surface area contributed by atoms with Gasteiger partial charge in [0.1, 0.15) is 22.7 Å². The number of nitrogens with one attached hydrogen (secondary N) is 1. The summed E-state index contributed by atoms with van der Waals surface area (Å²) in [6.07, 6.45) is -9.22. The van der Waals surface area contributed by atoms with E-state index in [0.29, 0.717) is 37.2 Å². The summed E-state index contributed by atoms with van der Waals surface area (Å²) in [4.78, 5) is 27.8. The summed E-state index contributed by atoms with van der Waals surface area (Å²) in [5.41, 5.74) is -2.00. The van der Waals surface area contributed by atoms with E-state index < -0.39 is 51.5 Å². The predicted molar refractivity (Wildman–Crippen MR) is 184 cm³/mol. The van der Waals surface area contributed by atoms with E-state index in [1.165, 1.54) is 53.6 Å². The standard InChI is InChI=1S/C21H23F3N2O5S.C14H17F3N2O3/c1-15-5-3-4-6-18(15)32(29,30)26-13-11-20(28,12-14-26)19(27)25(2)16-7-9-17(10-8-16)31-21(22,23)24;1-19(12(20)13(21)6-8-18-9-7-13)10-2-4-11(5-3-10)22-14(15,16)17/h3-10,28H,11-14H2,1-2H3;2-5,18,21H,6-9H2,1H3. The van der Waals surface area contributed by atoms with Gasteiger partial charge in [0.05, 0.1) is 4.90 Å². The molecule has 3 N–H and O–H groups in total. The van der Waals surface area contributed by atoms with Crippen molar-refractivity contribution >= 4 is 33.2 Å². The molecule has 0 saturated carbocycles. The Labute approximate surface area is 307 Å². The van der Waals surface area contributed by atoms with Crippen molar-refractivity contribution in [1.82, 2.24) is 9.62 Å². The van der Waals surface area contributed by atoms with E-state index in [0.717, 1.165) is 29.2 Å². The van der Waals surface area contributed by atoms with Gasteiger partial charge in [0.2, 0.25) is 10.0 Å². The van der Waals surface area contributed by atoms with Gasteiger partial charge in [-0.05, 0) is 106 Å². The number of rotatable bonds is 8. The number of likely N-dealkylation sites (N-methyl/N-ethyl adjacent to an activating group) is 2. The molecule has 2 amide bonds. The summed E-state index contributed by atoms with van der Waals surface area (Å²) < 4.78 is 108. The average Bonchev–Trinajstić information content (AvgIpc) is 3.10. The van der Waals surface area contributed by atoms with Gasteiger partial charge in [-0.1, -0.05) is 18.2 Å². The Kier molecular flexibility index (Phi) is 12.9. The number of carbonyl (C=O) groups is 2. The molecule has 0 atom stereocenters. The fourth-order valence-corrected chi connectivity index (χ4v) is 7.62. The van der Waals surface area contributed by atoms with Crippen LogP contribution in [0, 0.1) is 6.92 Å². The number of alkyl halides is 6. The molecule has 2 aliphatic heterocycles. The van der Waals surface area contributed by atoms with Gasteiger partial charge in [-0.25, -0.2) is 8.42 Å². The van der Waals surface area contributed by atoms with Crippen molar-refractivity contribution in [1.29, 1.82) is 0 Å². The molecule has 3 aromatic carbocycles. The molecule has 3 aromatic rings. The van der Waals surface area contributed by atoms with Crippen LogP contribution in [0.1, 0.15) is 31.2 Å². The molecule has 2 saturated heterocycles. The molecule has 0 spiro atoms. The van der Waals surface area contributed by atoms with E-state index in [2.05, 4.69) is 14.8 Å². The number of piperidine rings is 2. The van der Waals surface area contributed by atoms with Crippen LogP contribution >= 0.6 is 0 Å². The number of ether oxygens (including phenoxy) is 2. The molecule has 0 unspecified atom stereocenters. The van der Waals surface area contributed by atoms with E-state index in [9.17, 15) is 54.6 Å². The number of aryl methyl sites for hydroxylation is 1. The molecule has 0 bridgehead atoms. The lowest BCUT2D eigenvalue weighted by Gasteiger charge is -2.38. The number of hydrogen-bond acceptors (Lipinski definition) is 9. The van der Waals surface area contributed by atoms with Gasteiger partial charge in [-0.2, -0.15) is 4.31 Å². The van der Waals surface area contributed by atoms with Crippen LogP contribution in [-0.2, 0) is 19.6 Å². The summed E-state index contributed by atoms with van der Waals surface area (Å²) in [5, 5.41) is 24.3. The Morgan fingerprint density at radius 2 is 1.09 bits per heavy atom. The number of nitrogens with zero attached hydrogens (tertiary/aromatic N) is 3. The van der Waals surface area contributed by atoms with Gasteiger partial charge < -0.3 is 34.8 Å². The zero-order valence-corrected chi connectivity index (χ0v) is 30.3. The minimum Gasteiger partial charge on any atom is -0.406 e. The number of benzene rings is 3. The van der Waals surface area contributed by atoms with Gasteiger partial charge in [-0.15, -0.1) is 26.3 Å². The SMILES string of the molecule is CN(C(=O)C1(O)CCNCC1)c1ccc(OC(F)(F)F)cc1.Cc1ccccc1S(=O)(=O)N1CCC(O)(C(=O)N(C)c2ccc(OC(F)(F)F)cc2)CC1. The second kappa shape index (κ2) is 16.5. The van der Waals surface area contributed by atoms with Crippen LogP contribution < -0.4 is 24.6 Å². The number of halogens is 6. The van der Waals surface area contributed by atoms with Crippen LogP contribution in [0.15, 0.2) is 77.7 Å². The van der Waals surface area contributed by atoms with E-state index >= 15 is 0 Å². The second-order valence-corrected chi connectivity index (χ2v) is 14.7. The highest BCUT2D eigenvalue weighted by atomic mass is 32.2. The van der Waals surface area contributed by atoms with Crippen molar-refractivity contribution in [3.05, 3.63) is 78.4 Å². The number of amides is 2. The smallest absolute Gasteiger partial charge is 0.406 e.